The Morgan fingerprint density at radius 1 is 1.07 bits per heavy atom. The van der Waals surface area contributed by atoms with Crippen LogP contribution in [-0.2, 0) is 4.79 Å². The van der Waals surface area contributed by atoms with Crippen molar-refractivity contribution in [2.24, 2.45) is 0 Å². The molecule has 0 aliphatic carbocycles. The van der Waals surface area contributed by atoms with Gasteiger partial charge in [0.2, 0.25) is 0 Å². The fourth-order valence-corrected chi connectivity index (χ4v) is 2.65. The van der Waals surface area contributed by atoms with E-state index in [0.29, 0.717) is 12.1 Å². The summed E-state index contributed by atoms with van der Waals surface area (Å²) in [5.74, 6) is 0.0963. The van der Waals surface area contributed by atoms with Gasteiger partial charge in [-0.05, 0) is 77.0 Å². The Labute approximate surface area is 173 Å². The lowest BCUT2D eigenvalue weighted by Crippen LogP contribution is -2.35. The summed E-state index contributed by atoms with van der Waals surface area (Å²) in [4.78, 5) is 25.1. The fourth-order valence-electron chi connectivity index (χ4n) is 2.29. The largest absolute Gasteiger partial charge is 0.497 e. The van der Waals surface area contributed by atoms with Crippen molar-refractivity contribution >= 4 is 40.5 Å². The first-order valence-corrected chi connectivity index (χ1v) is 9.82. The van der Waals surface area contributed by atoms with Crippen LogP contribution in [0.4, 0.5) is 0 Å². The van der Waals surface area contributed by atoms with Gasteiger partial charge in [0.25, 0.3) is 11.8 Å². The van der Waals surface area contributed by atoms with Crippen LogP contribution in [0, 0.1) is 3.57 Å². The summed E-state index contributed by atoms with van der Waals surface area (Å²) in [6.07, 6.45) is 3.52. The molecule has 0 saturated heterocycles. The SMILES string of the molecule is CCCCNC(=O)C(=Cc1ccc(OC)cc1)NC(=O)c1ccc(I)cc1. The predicted octanol–water partition coefficient (Wildman–Crippen LogP) is 3.99. The molecule has 0 fully saturated rings. The van der Waals surface area contributed by atoms with Gasteiger partial charge in [-0.15, -0.1) is 0 Å². The summed E-state index contributed by atoms with van der Waals surface area (Å²) in [5, 5.41) is 5.58. The van der Waals surface area contributed by atoms with Gasteiger partial charge in [-0.25, -0.2) is 0 Å². The molecule has 6 heteroatoms. The molecule has 0 aromatic heterocycles. The molecule has 5 nitrogen and oxygen atoms in total. The molecular formula is C21H23IN2O3. The van der Waals surface area contributed by atoms with E-state index in [0.717, 1.165) is 27.7 Å². The normalized spacial score (nSPS) is 11.0. The molecule has 2 aromatic carbocycles. The number of rotatable bonds is 8. The third-order valence-corrected chi connectivity index (χ3v) is 4.56. The molecule has 0 aliphatic rings. The zero-order valence-electron chi connectivity index (χ0n) is 15.4. The monoisotopic (exact) mass is 478 g/mol. The molecule has 0 bridgehead atoms. The van der Waals surface area contributed by atoms with E-state index in [2.05, 4.69) is 40.1 Å². The van der Waals surface area contributed by atoms with Gasteiger partial charge in [0, 0.05) is 15.7 Å². The second-order valence-corrected chi connectivity index (χ2v) is 7.15. The van der Waals surface area contributed by atoms with Gasteiger partial charge in [0.05, 0.1) is 7.11 Å². The number of methoxy groups -OCH3 is 1. The Bertz CT molecular complexity index is 799. The van der Waals surface area contributed by atoms with Gasteiger partial charge in [-0.1, -0.05) is 25.5 Å². The van der Waals surface area contributed by atoms with Crippen LogP contribution in [0.1, 0.15) is 35.7 Å². The number of benzene rings is 2. The van der Waals surface area contributed by atoms with E-state index >= 15 is 0 Å². The summed E-state index contributed by atoms with van der Waals surface area (Å²) in [6.45, 7) is 2.62. The van der Waals surface area contributed by atoms with Crippen LogP contribution in [0.25, 0.3) is 6.08 Å². The predicted molar refractivity (Wildman–Crippen MR) is 116 cm³/mol. The molecule has 2 aromatic rings. The zero-order valence-corrected chi connectivity index (χ0v) is 17.6. The average molecular weight is 478 g/mol. The molecular weight excluding hydrogens is 455 g/mol. The summed E-state index contributed by atoms with van der Waals surface area (Å²) < 4.78 is 6.19. The number of carbonyl (C=O) groups is 2. The molecule has 0 radical (unpaired) electrons. The van der Waals surface area contributed by atoms with E-state index < -0.39 is 0 Å². The van der Waals surface area contributed by atoms with Gasteiger partial charge in [0.15, 0.2) is 0 Å². The van der Waals surface area contributed by atoms with Crippen molar-refractivity contribution in [2.45, 2.75) is 19.8 Å². The third-order valence-electron chi connectivity index (χ3n) is 3.84. The second kappa shape index (κ2) is 10.7. The van der Waals surface area contributed by atoms with Crippen molar-refractivity contribution in [3.05, 3.63) is 68.9 Å². The topological polar surface area (TPSA) is 67.4 Å². The molecule has 0 unspecified atom stereocenters. The van der Waals surface area contributed by atoms with Crippen molar-refractivity contribution < 1.29 is 14.3 Å². The summed E-state index contributed by atoms with van der Waals surface area (Å²) in [5.41, 5.74) is 1.50. The van der Waals surface area contributed by atoms with E-state index in [4.69, 9.17) is 4.74 Å². The molecule has 0 atom stereocenters. The van der Waals surface area contributed by atoms with Gasteiger partial charge in [0.1, 0.15) is 11.4 Å². The molecule has 0 saturated carbocycles. The van der Waals surface area contributed by atoms with Gasteiger partial charge in [-0.3, -0.25) is 9.59 Å². The van der Waals surface area contributed by atoms with Crippen molar-refractivity contribution in [3.8, 4) is 5.75 Å². The van der Waals surface area contributed by atoms with Crippen LogP contribution in [0.3, 0.4) is 0 Å². The highest BCUT2D eigenvalue weighted by Gasteiger charge is 2.14. The van der Waals surface area contributed by atoms with Crippen LogP contribution < -0.4 is 15.4 Å². The van der Waals surface area contributed by atoms with Crippen LogP contribution in [-0.4, -0.2) is 25.5 Å². The Morgan fingerprint density at radius 2 is 1.74 bits per heavy atom. The van der Waals surface area contributed by atoms with E-state index in [1.165, 1.54) is 0 Å². The minimum Gasteiger partial charge on any atom is -0.497 e. The molecule has 0 heterocycles. The molecule has 0 aliphatic heterocycles. The van der Waals surface area contributed by atoms with Crippen LogP contribution in [0.2, 0.25) is 0 Å². The minimum absolute atomic E-state index is 0.208. The number of halogens is 1. The van der Waals surface area contributed by atoms with Crippen molar-refractivity contribution in [3.63, 3.8) is 0 Å². The van der Waals surface area contributed by atoms with E-state index in [-0.39, 0.29) is 17.5 Å². The maximum Gasteiger partial charge on any atom is 0.267 e. The number of amides is 2. The maximum atomic E-state index is 12.5. The number of hydrogen-bond donors (Lipinski definition) is 2. The highest BCUT2D eigenvalue weighted by molar-refractivity contribution is 14.1. The van der Waals surface area contributed by atoms with Gasteiger partial charge >= 0.3 is 0 Å². The highest BCUT2D eigenvalue weighted by Crippen LogP contribution is 2.14. The van der Waals surface area contributed by atoms with Crippen molar-refractivity contribution in [2.75, 3.05) is 13.7 Å². The van der Waals surface area contributed by atoms with Gasteiger partial charge < -0.3 is 15.4 Å². The number of ether oxygens (including phenoxy) is 1. The van der Waals surface area contributed by atoms with Crippen LogP contribution in [0.5, 0.6) is 5.75 Å². The Morgan fingerprint density at radius 3 is 2.33 bits per heavy atom. The number of carbonyl (C=O) groups excluding carboxylic acids is 2. The minimum atomic E-state index is -0.322. The summed E-state index contributed by atoms with van der Waals surface area (Å²) in [7, 11) is 1.60. The summed E-state index contributed by atoms with van der Waals surface area (Å²) in [6, 6.07) is 14.4. The van der Waals surface area contributed by atoms with E-state index in [1.54, 1.807) is 37.5 Å². The first kappa shape index (κ1) is 21.0. The lowest BCUT2D eigenvalue weighted by molar-refractivity contribution is -0.117. The van der Waals surface area contributed by atoms with E-state index in [1.807, 2.05) is 24.3 Å². The lowest BCUT2D eigenvalue weighted by atomic mass is 10.1. The molecule has 27 heavy (non-hydrogen) atoms. The Balaban J connectivity index is 2.22. The first-order chi connectivity index (χ1) is 13.0. The van der Waals surface area contributed by atoms with Gasteiger partial charge in [-0.2, -0.15) is 0 Å². The summed E-state index contributed by atoms with van der Waals surface area (Å²) >= 11 is 2.18. The van der Waals surface area contributed by atoms with Crippen molar-refractivity contribution in [1.82, 2.24) is 10.6 Å². The molecule has 2 N–H and O–H groups in total. The first-order valence-electron chi connectivity index (χ1n) is 8.74. The highest BCUT2D eigenvalue weighted by atomic mass is 127. The van der Waals surface area contributed by atoms with Crippen LogP contribution >= 0.6 is 22.6 Å². The molecule has 2 rings (SSSR count). The smallest absolute Gasteiger partial charge is 0.267 e. The standard InChI is InChI=1S/C21H23IN2O3/c1-3-4-13-23-21(26)19(14-15-5-11-18(27-2)12-6-15)24-20(25)16-7-9-17(22)10-8-16/h5-12,14H,3-4,13H2,1-2H3,(H,23,26)(H,24,25). The number of nitrogens with one attached hydrogen (secondary N) is 2. The zero-order chi connectivity index (χ0) is 19.6. The molecule has 2 amide bonds. The second-order valence-electron chi connectivity index (χ2n) is 5.90. The van der Waals surface area contributed by atoms with Crippen molar-refractivity contribution in [1.29, 1.82) is 0 Å². The molecule has 142 valence electrons. The quantitative estimate of drug-likeness (QED) is 0.343. The maximum absolute atomic E-state index is 12.5. The Kier molecular flexibility index (Phi) is 8.32. The fraction of sp³-hybridized carbons (Fsp3) is 0.238. The van der Waals surface area contributed by atoms with E-state index in [9.17, 15) is 9.59 Å². The Hall–Kier alpha value is -2.35. The third kappa shape index (κ3) is 6.71. The number of hydrogen-bond acceptors (Lipinski definition) is 3. The lowest BCUT2D eigenvalue weighted by Gasteiger charge is -2.11. The average Bonchev–Trinajstić information content (AvgIpc) is 2.68. The van der Waals surface area contributed by atoms with Crippen LogP contribution in [0.15, 0.2) is 54.2 Å². The number of unbranched alkanes of at least 4 members (excludes halogenated alkanes) is 1. The molecule has 0 spiro atoms.